The first-order valence-corrected chi connectivity index (χ1v) is 2.80. The van der Waals surface area contributed by atoms with Gasteiger partial charge >= 0.3 is 5.97 Å². The van der Waals surface area contributed by atoms with E-state index >= 15 is 0 Å². The maximum absolute atomic E-state index is 10.6. The van der Waals surface area contributed by atoms with E-state index in [1.54, 1.807) is 6.92 Å². The van der Waals surface area contributed by atoms with Gasteiger partial charge in [-0.25, -0.2) is 4.79 Å². The minimum atomic E-state index is -0.335. The van der Waals surface area contributed by atoms with E-state index in [2.05, 4.69) is 18.2 Å². The highest BCUT2D eigenvalue weighted by Crippen LogP contribution is 1.91. The molecule has 0 atom stereocenters. The Labute approximate surface area is 66.3 Å². The van der Waals surface area contributed by atoms with Gasteiger partial charge in [-0.05, 0) is 31.2 Å². The molecule has 0 heterocycles. The number of rotatable bonds is 3. The summed E-state index contributed by atoms with van der Waals surface area (Å²) < 4.78 is 4.65. The molecule has 0 saturated carbocycles. The van der Waals surface area contributed by atoms with Crippen molar-refractivity contribution in [2.24, 2.45) is 0 Å². The van der Waals surface area contributed by atoms with Crippen LogP contribution in [0.3, 0.4) is 0 Å². The predicted octanol–water partition coefficient (Wildman–Crippen LogP) is -0.122. The standard InChI is InChI=1S/C7H11O2.H4Si/c1-4-5-9-7(8)6(2)3;/h1-2,4-5H2,3H3;1H4. The van der Waals surface area contributed by atoms with E-state index in [0.29, 0.717) is 18.6 Å². The first-order chi connectivity index (χ1) is 4.18. The molecule has 0 fully saturated rings. The van der Waals surface area contributed by atoms with Gasteiger partial charge in [0.2, 0.25) is 0 Å². The van der Waals surface area contributed by atoms with Crippen molar-refractivity contribution < 1.29 is 9.53 Å². The summed E-state index contributed by atoms with van der Waals surface area (Å²) in [5.74, 6) is -0.335. The summed E-state index contributed by atoms with van der Waals surface area (Å²) in [4.78, 5) is 10.6. The van der Waals surface area contributed by atoms with Gasteiger partial charge in [0.15, 0.2) is 0 Å². The Bertz CT molecular complexity index is 121. The summed E-state index contributed by atoms with van der Waals surface area (Å²) in [5, 5.41) is 0. The van der Waals surface area contributed by atoms with Gasteiger partial charge < -0.3 is 4.74 Å². The van der Waals surface area contributed by atoms with Crippen molar-refractivity contribution in [3.05, 3.63) is 19.1 Å². The lowest BCUT2D eigenvalue weighted by Crippen LogP contribution is -2.04. The van der Waals surface area contributed by atoms with Crippen LogP contribution < -0.4 is 0 Å². The zero-order valence-electron chi connectivity index (χ0n) is 5.64. The summed E-state index contributed by atoms with van der Waals surface area (Å²) in [6.45, 7) is 8.92. The van der Waals surface area contributed by atoms with Crippen molar-refractivity contribution in [3.8, 4) is 0 Å². The number of carbonyl (C=O) groups is 1. The Hall–Kier alpha value is -0.573. The Kier molecular flexibility index (Phi) is 7.94. The van der Waals surface area contributed by atoms with Gasteiger partial charge in [0.1, 0.15) is 0 Å². The van der Waals surface area contributed by atoms with Crippen LogP contribution in [0.1, 0.15) is 13.3 Å². The van der Waals surface area contributed by atoms with E-state index in [1.165, 1.54) is 0 Å². The summed E-state index contributed by atoms with van der Waals surface area (Å²) >= 11 is 0. The average molecular weight is 159 g/mol. The van der Waals surface area contributed by atoms with Crippen LogP contribution in [-0.4, -0.2) is 23.5 Å². The van der Waals surface area contributed by atoms with E-state index in [9.17, 15) is 4.79 Å². The number of carbonyl (C=O) groups excluding carboxylic acids is 1. The van der Waals surface area contributed by atoms with Crippen LogP contribution in [0.4, 0.5) is 0 Å². The summed E-state index contributed by atoms with van der Waals surface area (Å²) in [6, 6.07) is 0. The van der Waals surface area contributed by atoms with Crippen LogP contribution in [0, 0.1) is 6.92 Å². The molecular formula is C7H15O2Si. The zero-order valence-corrected chi connectivity index (χ0v) is 5.64. The second-order valence-corrected chi connectivity index (χ2v) is 1.77. The van der Waals surface area contributed by atoms with Crippen LogP contribution in [0.15, 0.2) is 12.2 Å². The van der Waals surface area contributed by atoms with Crippen molar-refractivity contribution in [2.75, 3.05) is 6.61 Å². The highest BCUT2D eigenvalue weighted by atomic mass is 28.1. The molecule has 59 valence electrons. The molecule has 0 N–H and O–H groups in total. The second-order valence-electron chi connectivity index (χ2n) is 1.77. The van der Waals surface area contributed by atoms with E-state index in [1.807, 2.05) is 0 Å². The van der Waals surface area contributed by atoms with Gasteiger partial charge in [0.05, 0.1) is 6.61 Å². The van der Waals surface area contributed by atoms with Crippen molar-refractivity contribution in [1.82, 2.24) is 0 Å². The molecule has 0 saturated heterocycles. The molecule has 1 radical (unpaired) electrons. The molecule has 0 unspecified atom stereocenters. The Morgan fingerprint density at radius 2 is 2.10 bits per heavy atom. The number of esters is 1. The van der Waals surface area contributed by atoms with Gasteiger partial charge in [-0.3, -0.25) is 0 Å². The molecule has 0 amide bonds. The van der Waals surface area contributed by atoms with Crippen LogP contribution >= 0.6 is 0 Å². The first-order valence-electron chi connectivity index (χ1n) is 2.80. The minimum Gasteiger partial charge on any atom is -0.462 e. The van der Waals surface area contributed by atoms with Gasteiger partial charge in [-0.1, -0.05) is 6.58 Å². The fourth-order valence-corrected chi connectivity index (χ4v) is 0.288. The Morgan fingerprint density at radius 1 is 1.60 bits per heavy atom. The lowest BCUT2D eigenvalue weighted by Gasteiger charge is -1.99. The van der Waals surface area contributed by atoms with Crippen molar-refractivity contribution in [2.45, 2.75) is 13.3 Å². The van der Waals surface area contributed by atoms with Crippen LogP contribution in [0.2, 0.25) is 0 Å². The summed E-state index contributed by atoms with van der Waals surface area (Å²) in [7, 11) is 0. The molecular weight excluding hydrogens is 144 g/mol. The maximum Gasteiger partial charge on any atom is 0.333 e. The summed E-state index contributed by atoms with van der Waals surface area (Å²) in [5.41, 5.74) is 0.434. The molecule has 0 aromatic rings. The van der Waals surface area contributed by atoms with Gasteiger partial charge in [-0.15, -0.1) is 0 Å². The van der Waals surface area contributed by atoms with Crippen LogP contribution in [-0.2, 0) is 9.53 Å². The fraction of sp³-hybridized carbons (Fsp3) is 0.429. The molecule has 2 nitrogen and oxygen atoms in total. The third-order valence-corrected chi connectivity index (χ3v) is 0.726. The van der Waals surface area contributed by atoms with Gasteiger partial charge in [-0.2, -0.15) is 0 Å². The van der Waals surface area contributed by atoms with E-state index in [4.69, 9.17) is 0 Å². The highest BCUT2D eigenvalue weighted by Gasteiger charge is 1.99. The number of hydrogen-bond acceptors (Lipinski definition) is 2. The molecule has 0 spiro atoms. The van der Waals surface area contributed by atoms with Crippen molar-refractivity contribution >= 4 is 16.9 Å². The molecule has 3 heteroatoms. The van der Waals surface area contributed by atoms with Crippen LogP contribution in [0.5, 0.6) is 0 Å². The monoisotopic (exact) mass is 159 g/mol. The fourth-order valence-electron chi connectivity index (χ4n) is 0.288. The van der Waals surface area contributed by atoms with E-state index < -0.39 is 0 Å². The maximum atomic E-state index is 10.6. The average Bonchev–Trinajstić information content (AvgIpc) is 1.82. The Balaban J connectivity index is 0. The molecule has 0 aliphatic heterocycles. The lowest BCUT2D eigenvalue weighted by atomic mass is 10.4. The van der Waals surface area contributed by atoms with Crippen molar-refractivity contribution in [1.29, 1.82) is 0 Å². The molecule has 0 bridgehead atoms. The van der Waals surface area contributed by atoms with E-state index in [0.717, 1.165) is 0 Å². The SMILES string of the molecule is [CH2]CCOC(=O)C(=C)C.[SiH4]. The molecule has 0 aromatic heterocycles. The van der Waals surface area contributed by atoms with Crippen molar-refractivity contribution in [3.63, 3.8) is 0 Å². The molecule has 0 aliphatic carbocycles. The third kappa shape index (κ3) is 5.56. The minimum absolute atomic E-state index is 0. The summed E-state index contributed by atoms with van der Waals surface area (Å²) in [6.07, 6.45) is 0.610. The normalized spacial score (nSPS) is 7.80. The van der Waals surface area contributed by atoms with Gasteiger partial charge in [0.25, 0.3) is 0 Å². The lowest BCUT2D eigenvalue weighted by molar-refractivity contribution is -0.138. The van der Waals surface area contributed by atoms with Crippen LogP contribution in [0.25, 0.3) is 0 Å². The topological polar surface area (TPSA) is 26.3 Å². The quantitative estimate of drug-likeness (QED) is 0.326. The first kappa shape index (κ1) is 12.1. The molecule has 0 rings (SSSR count). The van der Waals surface area contributed by atoms with Gasteiger partial charge in [0, 0.05) is 5.57 Å². The number of hydrogen-bond donors (Lipinski definition) is 0. The third-order valence-electron chi connectivity index (χ3n) is 0.726. The zero-order chi connectivity index (χ0) is 7.28. The smallest absolute Gasteiger partial charge is 0.333 e. The molecule has 10 heavy (non-hydrogen) atoms. The van der Waals surface area contributed by atoms with E-state index in [-0.39, 0.29) is 16.9 Å². The molecule has 0 aliphatic rings. The Morgan fingerprint density at radius 3 is 2.40 bits per heavy atom. The molecule has 0 aromatic carbocycles. The largest absolute Gasteiger partial charge is 0.462 e. The predicted molar refractivity (Wildman–Crippen MR) is 47.1 cm³/mol. The highest BCUT2D eigenvalue weighted by molar-refractivity contribution is 5.86. The number of ether oxygens (including phenoxy) is 1. The second kappa shape index (κ2) is 6.55.